The third-order valence-electron chi connectivity index (χ3n) is 5.45. The van der Waals surface area contributed by atoms with Gasteiger partial charge in [-0.25, -0.2) is 9.97 Å². The fraction of sp³-hybridized carbons (Fsp3) is 0.364. The summed E-state index contributed by atoms with van der Waals surface area (Å²) in [5, 5.41) is 4.29. The lowest BCUT2D eigenvalue weighted by Gasteiger charge is -2.36. The minimum absolute atomic E-state index is 0.184. The molecule has 0 bridgehead atoms. The van der Waals surface area contributed by atoms with Crippen molar-refractivity contribution in [3.8, 4) is 11.1 Å². The van der Waals surface area contributed by atoms with E-state index in [-0.39, 0.29) is 12.2 Å². The van der Waals surface area contributed by atoms with Gasteiger partial charge >= 0.3 is 0 Å². The van der Waals surface area contributed by atoms with Gasteiger partial charge in [-0.3, -0.25) is 9.67 Å². The van der Waals surface area contributed by atoms with Crippen molar-refractivity contribution in [2.75, 3.05) is 18.0 Å². The topological polar surface area (TPSA) is 68.4 Å². The van der Waals surface area contributed by atoms with Crippen molar-refractivity contribution in [2.45, 2.75) is 32.6 Å². The highest BCUT2D eigenvalue weighted by Crippen LogP contribution is 2.29. The quantitative estimate of drug-likeness (QED) is 0.690. The number of fused-ring (bicyclic) bond motifs is 1. The van der Waals surface area contributed by atoms with E-state index in [9.17, 15) is 0 Å². The maximum atomic E-state index is 5.86. The molecule has 3 aromatic rings. The minimum atomic E-state index is 0.184. The number of rotatable bonds is 3. The van der Waals surface area contributed by atoms with Crippen molar-refractivity contribution in [3.63, 3.8) is 0 Å². The average molecular weight is 388 g/mol. The molecule has 0 radical (unpaired) electrons. The zero-order chi connectivity index (χ0) is 20.0. The number of benzene rings is 1. The molecule has 29 heavy (non-hydrogen) atoms. The Kier molecular flexibility index (Phi) is 4.39. The maximum Gasteiger partial charge on any atom is 0.132 e. The molecule has 5 rings (SSSR count). The zero-order valence-corrected chi connectivity index (χ0v) is 16.9. The van der Waals surface area contributed by atoms with Gasteiger partial charge in [-0.1, -0.05) is 12.1 Å². The van der Waals surface area contributed by atoms with Gasteiger partial charge in [0.25, 0.3) is 0 Å². The summed E-state index contributed by atoms with van der Waals surface area (Å²) >= 11 is 0. The fourth-order valence-corrected chi connectivity index (χ4v) is 4.17. The van der Waals surface area contributed by atoms with E-state index in [2.05, 4.69) is 58.1 Å². The SMILES string of the molecule is C[C@@H]1CN(c2cc(C3=NCc4ccc(-c5cnn(C)c5)cc43)ncn2)C[C@H](C)O1. The molecule has 0 aliphatic carbocycles. The van der Waals surface area contributed by atoms with E-state index < -0.39 is 0 Å². The number of hydrogen-bond acceptors (Lipinski definition) is 6. The molecule has 0 spiro atoms. The van der Waals surface area contributed by atoms with Crippen LogP contribution in [0.3, 0.4) is 0 Å². The molecular weight excluding hydrogens is 364 g/mol. The summed E-state index contributed by atoms with van der Waals surface area (Å²) in [6, 6.07) is 8.53. The van der Waals surface area contributed by atoms with Gasteiger partial charge in [-0.05, 0) is 31.0 Å². The maximum absolute atomic E-state index is 5.86. The Hall–Kier alpha value is -3.06. The van der Waals surface area contributed by atoms with Crippen LogP contribution >= 0.6 is 0 Å². The number of hydrogen-bond donors (Lipinski definition) is 0. The van der Waals surface area contributed by atoms with Gasteiger partial charge in [-0.2, -0.15) is 5.10 Å². The molecule has 7 heteroatoms. The fourth-order valence-electron chi connectivity index (χ4n) is 4.17. The summed E-state index contributed by atoms with van der Waals surface area (Å²) in [5.74, 6) is 0.927. The van der Waals surface area contributed by atoms with Gasteiger partial charge in [0.05, 0.1) is 36.4 Å². The molecule has 1 aromatic carbocycles. The van der Waals surface area contributed by atoms with E-state index in [1.54, 1.807) is 6.33 Å². The Morgan fingerprint density at radius 1 is 1.03 bits per heavy atom. The number of aromatic nitrogens is 4. The first-order valence-electron chi connectivity index (χ1n) is 9.96. The highest BCUT2D eigenvalue weighted by atomic mass is 16.5. The van der Waals surface area contributed by atoms with Crippen molar-refractivity contribution in [2.24, 2.45) is 12.0 Å². The number of ether oxygens (including phenoxy) is 1. The van der Waals surface area contributed by atoms with Crippen molar-refractivity contribution in [3.05, 3.63) is 59.8 Å². The van der Waals surface area contributed by atoms with E-state index in [0.29, 0.717) is 6.54 Å². The van der Waals surface area contributed by atoms with E-state index >= 15 is 0 Å². The molecule has 2 aliphatic rings. The molecule has 2 aromatic heterocycles. The van der Waals surface area contributed by atoms with Gasteiger partial charge in [-0.15, -0.1) is 0 Å². The van der Waals surface area contributed by atoms with E-state index in [1.165, 1.54) is 5.56 Å². The lowest BCUT2D eigenvalue weighted by molar-refractivity contribution is -0.00546. The van der Waals surface area contributed by atoms with Crippen molar-refractivity contribution < 1.29 is 4.74 Å². The van der Waals surface area contributed by atoms with Crippen molar-refractivity contribution in [1.29, 1.82) is 0 Å². The Morgan fingerprint density at radius 2 is 1.86 bits per heavy atom. The summed E-state index contributed by atoms with van der Waals surface area (Å²) < 4.78 is 7.67. The van der Waals surface area contributed by atoms with Crippen LogP contribution in [0.4, 0.5) is 5.82 Å². The molecule has 1 fully saturated rings. The van der Waals surface area contributed by atoms with Gasteiger partial charge in [0.15, 0.2) is 0 Å². The minimum Gasteiger partial charge on any atom is -0.372 e. The smallest absolute Gasteiger partial charge is 0.132 e. The third-order valence-corrected chi connectivity index (χ3v) is 5.45. The summed E-state index contributed by atoms with van der Waals surface area (Å²) in [7, 11) is 1.93. The lowest BCUT2D eigenvalue weighted by atomic mass is 9.98. The summed E-state index contributed by atoms with van der Waals surface area (Å²) in [4.78, 5) is 16.1. The standard InChI is InChI=1S/C22H24N6O/c1-14-10-28(11-15(2)29-14)21-7-20(24-13-25-21)22-19-6-16(4-5-17(19)8-23-22)18-9-26-27(3)12-18/h4-7,9,12-15H,8,10-11H2,1-3H3/t14-,15+. The van der Waals surface area contributed by atoms with Crippen molar-refractivity contribution >= 4 is 11.5 Å². The van der Waals surface area contributed by atoms with Crippen LogP contribution in [-0.4, -0.2) is 50.8 Å². The summed E-state index contributed by atoms with van der Waals surface area (Å²) in [5.41, 5.74) is 6.39. The summed E-state index contributed by atoms with van der Waals surface area (Å²) in [6.07, 6.45) is 5.92. The van der Waals surface area contributed by atoms with Crippen LogP contribution in [0.1, 0.15) is 30.7 Å². The number of aryl methyl sites for hydroxylation is 1. The Bertz CT molecular complexity index is 1080. The first-order chi connectivity index (χ1) is 14.1. The molecule has 1 saturated heterocycles. The van der Waals surface area contributed by atoms with Crippen LogP contribution in [0.15, 0.2) is 48.0 Å². The van der Waals surface area contributed by atoms with Gasteiger partial charge in [0.1, 0.15) is 12.1 Å². The van der Waals surface area contributed by atoms with Gasteiger partial charge < -0.3 is 9.64 Å². The highest BCUT2D eigenvalue weighted by Gasteiger charge is 2.25. The molecule has 0 amide bonds. The average Bonchev–Trinajstić information content (AvgIpc) is 3.33. The largest absolute Gasteiger partial charge is 0.372 e. The molecule has 2 aliphatic heterocycles. The third kappa shape index (κ3) is 3.42. The van der Waals surface area contributed by atoms with Crippen LogP contribution in [0, 0.1) is 0 Å². The molecular formula is C22H24N6O. The molecule has 0 N–H and O–H groups in total. The van der Waals surface area contributed by atoms with E-state index in [4.69, 9.17) is 9.73 Å². The molecule has 0 unspecified atom stereocenters. The monoisotopic (exact) mass is 388 g/mol. The zero-order valence-electron chi connectivity index (χ0n) is 16.9. The van der Waals surface area contributed by atoms with E-state index in [1.807, 2.05) is 24.1 Å². The number of aliphatic imine (C=N–C) groups is 1. The van der Waals surface area contributed by atoms with Crippen LogP contribution in [0.2, 0.25) is 0 Å². The summed E-state index contributed by atoms with van der Waals surface area (Å²) in [6.45, 7) is 6.54. The first-order valence-corrected chi connectivity index (χ1v) is 9.96. The Balaban J connectivity index is 1.48. The Morgan fingerprint density at radius 3 is 2.62 bits per heavy atom. The molecule has 0 saturated carbocycles. The first kappa shape index (κ1) is 18.0. The predicted molar refractivity (Wildman–Crippen MR) is 112 cm³/mol. The number of nitrogens with zero attached hydrogens (tertiary/aromatic N) is 6. The van der Waals surface area contributed by atoms with Crippen LogP contribution in [0.25, 0.3) is 11.1 Å². The van der Waals surface area contributed by atoms with E-state index in [0.717, 1.165) is 47.0 Å². The van der Waals surface area contributed by atoms with Gasteiger partial charge in [0.2, 0.25) is 0 Å². The van der Waals surface area contributed by atoms with Crippen LogP contribution < -0.4 is 4.90 Å². The van der Waals surface area contributed by atoms with Crippen LogP contribution in [0.5, 0.6) is 0 Å². The predicted octanol–water partition coefficient (Wildman–Crippen LogP) is 2.84. The molecule has 7 nitrogen and oxygen atoms in total. The second-order valence-electron chi connectivity index (χ2n) is 7.86. The second-order valence-corrected chi connectivity index (χ2v) is 7.86. The number of morpholine rings is 1. The van der Waals surface area contributed by atoms with Crippen molar-refractivity contribution in [1.82, 2.24) is 19.7 Å². The highest BCUT2D eigenvalue weighted by molar-refractivity contribution is 6.14. The van der Waals surface area contributed by atoms with Gasteiger partial charge in [0, 0.05) is 43.5 Å². The molecule has 148 valence electrons. The number of anilines is 1. The second kappa shape index (κ2) is 7.08. The van der Waals surface area contributed by atoms with Crippen LogP contribution in [-0.2, 0) is 18.3 Å². The molecule has 2 atom stereocenters. The Labute approximate surface area is 170 Å². The molecule has 4 heterocycles. The lowest BCUT2D eigenvalue weighted by Crippen LogP contribution is -2.45. The normalized spacial score (nSPS) is 21.2.